The van der Waals surface area contributed by atoms with Crippen molar-refractivity contribution < 1.29 is 14.3 Å². The number of ether oxygens (including phenoxy) is 2. The van der Waals surface area contributed by atoms with Gasteiger partial charge in [0.25, 0.3) is 5.91 Å². The summed E-state index contributed by atoms with van der Waals surface area (Å²) in [5.74, 6) is 1.06. The molecule has 0 radical (unpaired) electrons. The van der Waals surface area contributed by atoms with Crippen LogP contribution in [0, 0.1) is 0 Å². The zero-order valence-corrected chi connectivity index (χ0v) is 17.9. The Balaban J connectivity index is 1.79. The van der Waals surface area contributed by atoms with E-state index >= 15 is 0 Å². The van der Waals surface area contributed by atoms with Crippen LogP contribution in [0.4, 0.5) is 0 Å². The van der Waals surface area contributed by atoms with Gasteiger partial charge in [0, 0.05) is 29.7 Å². The molecule has 0 saturated carbocycles. The Bertz CT molecular complexity index is 976. The van der Waals surface area contributed by atoms with Crippen molar-refractivity contribution in [3.05, 3.63) is 62.5 Å². The fourth-order valence-corrected chi connectivity index (χ4v) is 3.98. The number of halogens is 2. The summed E-state index contributed by atoms with van der Waals surface area (Å²) in [6, 6.07) is 10.7. The Kier molecular flexibility index (Phi) is 6.54. The maximum absolute atomic E-state index is 12.3. The third-order valence-electron chi connectivity index (χ3n) is 4.08. The van der Waals surface area contributed by atoms with Crippen molar-refractivity contribution in [1.29, 1.82) is 0 Å². The minimum absolute atomic E-state index is 0.0812. The summed E-state index contributed by atoms with van der Waals surface area (Å²) in [5.41, 5.74) is 1.65. The molecule has 1 saturated heterocycles. The Morgan fingerprint density at radius 2 is 1.96 bits per heavy atom. The standard InChI is InChI=1S/C20H18Cl2N2O3S/c1-23-20-24(2)19(25)18(28-20)9-12-4-7-16(17(8-12)26-3)27-11-13-5-6-14(21)10-15(13)22/h4-10H,11H2,1-3H3/b18-9+,23-20?. The maximum Gasteiger partial charge on any atom is 0.266 e. The van der Waals surface area contributed by atoms with Crippen LogP contribution >= 0.6 is 35.0 Å². The Hall–Kier alpha value is -2.15. The summed E-state index contributed by atoms with van der Waals surface area (Å²) in [6.45, 7) is 0.280. The second-order valence-electron chi connectivity index (χ2n) is 5.92. The maximum atomic E-state index is 12.3. The number of nitrogens with zero attached hydrogens (tertiary/aromatic N) is 2. The second kappa shape index (κ2) is 8.90. The lowest BCUT2D eigenvalue weighted by atomic mass is 10.2. The molecule has 0 spiro atoms. The molecule has 1 fully saturated rings. The molecule has 0 atom stereocenters. The van der Waals surface area contributed by atoms with Gasteiger partial charge in [-0.25, -0.2) is 0 Å². The quantitative estimate of drug-likeness (QED) is 0.610. The van der Waals surface area contributed by atoms with Crippen LogP contribution in [0.5, 0.6) is 11.5 Å². The van der Waals surface area contributed by atoms with Gasteiger partial charge in [-0.15, -0.1) is 0 Å². The van der Waals surface area contributed by atoms with Crippen molar-refractivity contribution >= 4 is 52.1 Å². The number of rotatable bonds is 5. The molecule has 3 rings (SSSR count). The first-order chi connectivity index (χ1) is 13.4. The molecule has 0 unspecified atom stereocenters. The van der Waals surface area contributed by atoms with E-state index in [1.54, 1.807) is 39.4 Å². The number of likely N-dealkylation sites (N-methyl/N-ethyl adjacent to an activating group) is 1. The van der Waals surface area contributed by atoms with E-state index in [0.717, 1.165) is 11.1 Å². The molecule has 0 bridgehead atoms. The lowest BCUT2D eigenvalue weighted by Gasteiger charge is -2.12. The third-order valence-corrected chi connectivity index (χ3v) is 5.82. The summed E-state index contributed by atoms with van der Waals surface area (Å²) in [7, 11) is 4.94. The highest BCUT2D eigenvalue weighted by molar-refractivity contribution is 8.18. The first-order valence-corrected chi connectivity index (χ1v) is 9.89. The molecule has 1 aliphatic heterocycles. The number of hydrogen-bond donors (Lipinski definition) is 0. The molecule has 1 heterocycles. The number of methoxy groups -OCH3 is 1. The SMILES string of the molecule is CN=C1S/C(=C/c2ccc(OCc3ccc(Cl)cc3Cl)c(OC)c2)C(=O)N1C. The molecule has 5 nitrogen and oxygen atoms in total. The molecular formula is C20H18Cl2N2O3S. The van der Waals surface area contributed by atoms with Gasteiger partial charge in [-0.2, -0.15) is 0 Å². The number of hydrogen-bond acceptors (Lipinski definition) is 5. The van der Waals surface area contributed by atoms with Gasteiger partial charge in [0.15, 0.2) is 16.7 Å². The summed E-state index contributed by atoms with van der Waals surface area (Å²) in [4.78, 5) is 18.5. The van der Waals surface area contributed by atoms with Crippen LogP contribution in [0.25, 0.3) is 6.08 Å². The highest BCUT2D eigenvalue weighted by Crippen LogP contribution is 2.34. The fourth-order valence-electron chi connectivity index (χ4n) is 2.59. The van der Waals surface area contributed by atoms with Crippen LogP contribution in [0.2, 0.25) is 10.0 Å². The minimum atomic E-state index is -0.0812. The van der Waals surface area contributed by atoms with Crippen LogP contribution in [0.3, 0.4) is 0 Å². The summed E-state index contributed by atoms with van der Waals surface area (Å²) in [5, 5.41) is 1.79. The van der Waals surface area contributed by atoms with Crippen molar-refractivity contribution in [2.75, 3.05) is 21.2 Å². The first-order valence-electron chi connectivity index (χ1n) is 8.32. The molecule has 2 aromatic rings. The second-order valence-corrected chi connectivity index (χ2v) is 7.77. The number of benzene rings is 2. The first kappa shape index (κ1) is 20.6. The molecule has 0 aromatic heterocycles. The molecule has 0 N–H and O–H groups in total. The molecule has 0 aliphatic carbocycles. The zero-order valence-electron chi connectivity index (χ0n) is 15.5. The normalized spacial score (nSPS) is 16.9. The van der Waals surface area contributed by atoms with Crippen molar-refractivity contribution in [3.8, 4) is 11.5 Å². The van der Waals surface area contributed by atoms with Crippen molar-refractivity contribution in [1.82, 2.24) is 4.90 Å². The Morgan fingerprint density at radius 3 is 2.61 bits per heavy atom. The average molecular weight is 437 g/mol. The van der Waals surface area contributed by atoms with E-state index in [2.05, 4.69) is 4.99 Å². The predicted octanol–water partition coefficient (Wildman–Crippen LogP) is 5.11. The van der Waals surface area contributed by atoms with Gasteiger partial charge >= 0.3 is 0 Å². The molecular weight excluding hydrogens is 419 g/mol. The van der Waals surface area contributed by atoms with E-state index in [0.29, 0.717) is 31.6 Å². The van der Waals surface area contributed by atoms with E-state index < -0.39 is 0 Å². The van der Waals surface area contributed by atoms with Crippen molar-refractivity contribution in [2.45, 2.75) is 6.61 Å². The highest BCUT2D eigenvalue weighted by Gasteiger charge is 2.29. The van der Waals surface area contributed by atoms with Gasteiger partial charge in [-0.05, 0) is 47.7 Å². The largest absolute Gasteiger partial charge is 0.493 e. The van der Waals surface area contributed by atoms with Crippen LogP contribution in [0.1, 0.15) is 11.1 Å². The lowest BCUT2D eigenvalue weighted by Crippen LogP contribution is -2.23. The van der Waals surface area contributed by atoms with Crippen LogP contribution < -0.4 is 9.47 Å². The van der Waals surface area contributed by atoms with E-state index in [-0.39, 0.29) is 12.5 Å². The third kappa shape index (κ3) is 4.46. The van der Waals surface area contributed by atoms with Crippen LogP contribution in [0.15, 0.2) is 46.3 Å². The highest BCUT2D eigenvalue weighted by atomic mass is 35.5. The van der Waals surface area contributed by atoms with Gasteiger partial charge in [0.05, 0.1) is 12.0 Å². The number of amides is 1. The number of thioether (sulfide) groups is 1. The van der Waals surface area contributed by atoms with E-state index in [1.165, 1.54) is 16.7 Å². The number of carbonyl (C=O) groups is 1. The summed E-state index contributed by atoms with van der Waals surface area (Å²) >= 11 is 13.4. The molecule has 28 heavy (non-hydrogen) atoms. The van der Waals surface area contributed by atoms with Crippen molar-refractivity contribution in [2.24, 2.45) is 4.99 Å². The van der Waals surface area contributed by atoms with E-state index in [9.17, 15) is 4.79 Å². The smallest absolute Gasteiger partial charge is 0.266 e. The van der Waals surface area contributed by atoms with E-state index in [1.807, 2.05) is 24.3 Å². The zero-order chi connectivity index (χ0) is 20.3. The molecule has 1 aliphatic rings. The molecule has 1 amide bonds. The number of aliphatic imine (C=N–C) groups is 1. The summed E-state index contributed by atoms with van der Waals surface area (Å²) in [6.07, 6.45) is 1.81. The molecule has 2 aromatic carbocycles. The number of carbonyl (C=O) groups excluding carboxylic acids is 1. The van der Waals surface area contributed by atoms with Gasteiger partial charge in [-0.1, -0.05) is 35.3 Å². The molecule has 146 valence electrons. The van der Waals surface area contributed by atoms with Crippen molar-refractivity contribution in [3.63, 3.8) is 0 Å². The van der Waals surface area contributed by atoms with Gasteiger partial charge in [0.1, 0.15) is 6.61 Å². The average Bonchev–Trinajstić information content (AvgIpc) is 2.95. The fraction of sp³-hybridized carbons (Fsp3) is 0.200. The Morgan fingerprint density at radius 1 is 1.18 bits per heavy atom. The lowest BCUT2D eigenvalue weighted by molar-refractivity contribution is -0.121. The summed E-state index contributed by atoms with van der Waals surface area (Å²) < 4.78 is 11.3. The van der Waals surface area contributed by atoms with Crippen LogP contribution in [-0.2, 0) is 11.4 Å². The molecule has 8 heteroatoms. The van der Waals surface area contributed by atoms with Gasteiger partial charge < -0.3 is 9.47 Å². The Labute approximate surface area is 177 Å². The number of amidine groups is 1. The van der Waals surface area contributed by atoms with E-state index in [4.69, 9.17) is 32.7 Å². The topological polar surface area (TPSA) is 51.1 Å². The minimum Gasteiger partial charge on any atom is -0.493 e. The monoisotopic (exact) mass is 436 g/mol. The van der Waals surface area contributed by atoms with Gasteiger partial charge in [0.2, 0.25) is 0 Å². The predicted molar refractivity (Wildman–Crippen MR) is 115 cm³/mol. The van der Waals surface area contributed by atoms with Crippen LogP contribution in [-0.4, -0.2) is 37.2 Å². The van der Waals surface area contributed by atoms with Gasteiger partial charge in [-0.3, -0.25) is 14.7 Å².